The van der Waals surface area contributed by atoms with Crippen molar-refractivity contribution in [2.24, 2.45) is 17.8 Å². The van der Waals surface area contributed by atoms with Crippen LogP contribution in [0.4, 0.5) is 5.69 Å². The van der Waals surface area contributed by atoms with Crippen LogP contribution < -0.4 is 9.64 Å². The first-order chi connectivity index (χ1) is 18.7. The van der Waals surface area contributed by atoms with Crippen LogP contribution in [0.2, 0.25) is 0 Å². The number of esters is 1. The van der Waals surface area contributed by atoms with Crippen LogP contribution in [0.15, 0.2) is 49.6 Å². The van der Waals surface area contributed by atoms with Gasteiger partial charge in [0.15, 0.2) is 0 Å². The second-order valence-corrected chi connectivity index (χ2v) is 10.9. The zero-order valence-electron chi connectivity index (χ0n) is 23.1. The highest BCUT2D eigenvalue weighted by Crippen LogP contribution is 2.65. The first kappa shape index (κ1) is 28.8. The minimum absolute atomic E-state index is 0.0333. The topological polar surface area (TPSA) is 106 Å². The average molecular weight is 541 g/mol. The van der Waals surface area contributed by atoms with Crippen LogP contribution in [0.3, 0.4) is 0 Å². The number of anilines is 1. The molecule has 3 aliphatic heterocycles. The largest absolute Gasteiger partial charge is 0.497 e. The lowest BCUT2D eigenvalue weighted by Gasteiger charge is -2.37. The Balaban J connectivity index is 1.77. The molecule has 0 aliphatic carbocycles. The Morgan fingerprint density at radius 3 is 2.54 bits per heavy atom. The van der Waals surface area contributed by atoms with Crippen molar-refractivity contribution in [2.45, 2.75) is 56.8 Å². The highest BCUT2D eigenvalue weighted by molar-refractivity contribution is 6.04. The van der Waals surface area contributed by atoms with Gasteiger partial charge in [-0.15, -0.1) is 6.58 Å². The molecular formula is C30H40N2O7. The van der Waals surface area contributed by atoms with Gasteiger partial charge in [0, 0.05) is 25.4 Å². The monoisotopic (exact) mass is 540 g/mol. The molecule has 3 heterocycles. The maximum atomic E-state index is 14.5. The summed E-state index contributed by atoms with van der Waals surface area (Å²) in [5.74, 6) is -2.14. The standard InChI is InChI=1S/C30H40N2O7/c1-6-15-31(21-11-13-22(37-5)14-12-21)27(35)25-30-19-20(3)29(4,39-30)24(28(36)38-18-7-2)23(30)26(34)32(25)16-9-8-10-17-33/h6-7,11-14,20,23-25,33H,1-2,8-10,15-19H2,3-5H3/t20?,23-,24+,25?,29-,30?/m0/s1. The molecule has 3 saturated heterocycles. The highest BCUT2D eigenvalue weighted by Gasteiger charge is 2.80. The van der Waals surface area contributed by atoms with E-state index in [9.17, 15) is 19.5 Å². The molecule has 1 spiro atoms. The van der Waals surface area contributed by atoms with E-state index in [1.165, 1.54) is 6.08 Å². The zero-order valence-corrected chi connectivity index (χ0v) is 23.1. The Morgan fingerprint density at radius 1 is 1.21 bits per heavy atom. The van der Waals surface area contributed by atoms with E-state index in [0.717, 1.165) is 0 Å². The third-order valence-corrected chi connectivity index (χ3v) is 8.66. The lowest BCUT2D eigenvalue weighted by Crippen LogP contribution is -2.57. The minimum Gasteiger partial charge on any atom is -0.497 e. The van der Waals surface area contributed by atoms with E-state index in [-0.39, 0.29) is 37.5 Å². The quantitative estimate of drug-likeness (QED) is 0.233. The number of ether oxygens (including phenoxy) is 3. The van der Waals surface area contributed by atoms with E-state index in [4.69, 9.17) is 14.2 Å². The molecule has 0 saturated carbocycles. The smallest absolute Gasteiger partial charge is 0.313 e. The number of aliphatic hydroxyl groups excluding tert-OH is 1. The Hall–Kier alpha value is -3.17. The van der Waals surface area contributed by atoms with Gasteiger partial charge < -0.3 is 29.1 Å². The molecule has 0 aromatic heterocycles. The summed E-state index contributed by atoms with van der Waals surface area (Å²) in [4.78, 5) is 45.2. The fourth-order valence-corrected chi connectivity index (χ4v) is 6.78. The maximum Gasteiger partial charge on any atom is 0.313 e. The fourth-order valence-electron chi connectivity index (χ4n) is 6.78. The number of benzene rings is 1. The van der Waals surface area contributed by atoms with Crippen molar-refractivity contribution in [2.75, 3.05) is 38.3 Å². The van der Waals surface area contributed by atoms with Gasteiger partial charge in [0.1, 0.15) is 29.9 Å². The molecule has 9 nitrogen and oxygen atoms in total. The number of hydrogen-bond donors (Lipinski definition) is 1. The van der Waals surface area contributed by atoms with Gasteiger partial charge in [-0.3, -0.25) is 14.4 Å². The van der Waals surface area contributed by atoms with Gasteiger partial charge in [0.25, 0.3) is 5.91 Å². The lowest BCUT2D eigenvalue weighted by molar-refractivity contribution is -0.160. The summed E-state index contributed by atoms with van der Waals surface area (Å²) in [6, 6.07) is 6.22. The molecule has 1 N–H and O–H groups in total. The van der Waals surface area contributed by atoms with Crippen LogP contribution in [0.1, 0.15) is 39.5 Å². The Kier molecular flexibility index (Phi) is 8.51. The highest BCUT2D eigenvalue weighted by atomic mass is 16.6. The number of hydrogen-bond acceptors (Lipinski definition) is 7. The molecule has 212 valence electrons. The van der Waals surface area contributed by atoms with Crippen molar-refractivity contribution < 1.29 is 33.7 Å². The second kappa shape index (κ2) is 11.5. The van der Waals surface area contributed by atoms with Crippen molar-refractivity contribution in [3.63, 3.8) is 0 Å². The van der Waals surface area contributed by atoms with Crippen molar-refractivity contribution in [1.82, 2.24) is 4.90 Å². The Labute approximate surface area is 230 Å². The van der Waals surface area contributed by atoms with Crippen molar-refractivity contribution in [1.29, 1.82) is 0 Å². The molecular weight excluding hydrogens is 500 g/mol. The summed E-state index contributed by atoms with van der Waals surface area (Å²) in [7, 11) is 1.58. The second-order valence-electron chi connectivity index (χ2n) is 10.9. The van der Waals surface area contributed by atoms with Crippen LogP contribution >= 0.6 is 0 Å². The first-order valence-corrected chi connectivity index (χ1v) is 13.7. The molecule has 3 unspecified atom stereocenters. The molecule has 3 fully saturated rings. The SMILES string of the molecule is C=CCOC(=O)[C@H]1[C@H]2C(=O)N(CCCCCO)C(C(=O)N(CC=C)c3ccc(OC)cc3)C23CC(C)[C@]1(C)O3. The molecule has 4 rings (SSSR count). The maximum absolute atomic E-state index is 14.5. The summed E-state index contributed by atoms with van der Waals surface area (Å²) in [6.07, 6.45) is 5.53. The van der Waals surface area contributed by atoms with E-state index < -0.39 is 35.0 Å². The van der Waals surface area contributed by atoms with Gasteiger partial charge in [-0.1, -0.05) is 25.7 Å². The summed E-state index contributed by atoms with van der Waals surface area (Å²) in [5.41, 5.74) is -1.46. The van der Waals surface area contributed by atoms with Crippen LogP contribution in [0.5, 0.6) is 5.75 Å². The number of carbonyl (C=O) groups excluding carboxylic acids is 3. The average Bonchev–Trinajstić information content (AvgIpc) is 3.44. The van der Waals surface area contributed by atoms with Gasteiger partial charge >= 0.3 is 5.97 Å². The van der Waals surface area contributed by atoms with Crippen LogP contribution in [-0.4, -0.2) is 78.4 Å². The number of likely N-dealkylation sites (tertiary alicyclic amines) is 1. The number of nitrogens with zero attached hydrogens (tertiary/aromatic N) is 2. The molecule has 9 heteroatoms. The van der Waals surface area contributed by atoms with Crippen LogP contribution in [0.25, 0.3) is 0 Å². The summed E-state index contributed by atoms with van der Waals surface area (Å²) >= 11 is 0. The number of methoxy groups -OCH3 is 1. The molecule has 6 atom stereocenters. The van der Waals surface area contributed by atoms with E-state index in [0.29, 0.717) is 43.7 Å². The zero-order chi connectivity index (χ0) is 28.4. The number of aliphatic hydroxyl groups is 1. The predicted octanol–water partition coefficient (Wildman–Crippen LogP) is 3.12. The number of amides is 2. The number of unbranched alkanes of at least 4 members (excludes halogenated alkanes) is 2. The van der Waals surface area contributed by atoms with Gasteiger partial charge in [0.2, 0.25) is 5.91 Å². The van der Waals surface area contributed by atoms with Gasteiger partial charge in [0.05, 0.1) is 18.6 Å². The van der Waals surface area contributed by atoms with Crippen LogP contribution in [0, 0.1) is 17.8 Å². The first-order valence-electron chi connectivity index (χ1n) is 13.7. The van der Waals surface area contributed by atoms with E-state index in [1.807, 2.05) is 13.8 Å². The molecule has 1 aromatic carbocycles. The summed E-state index contributed by atoms with van der Waals surface area (Å²) in [5, 5.41) is 9.25. The summed E-state index contributed by atoms with van der Waals surface area (Å²) in [6.45, 7) is 12.0. The summed E-state index contributed by atoms with van der Waals surface area (Å²) < 4.78 is 17.5. The van der Waals surface area contributed by atoms with Crippen LogP contribution in [-0.2, 0) is 23.9 Å². The molecule has 3 aliphatic rings. The molecule has 39 heavy (non-hydrogen) atoms. The third kappa shape index (κ3) is 4.76. The number of rotatable bonds is 13. The predicted molar refractivity (Wildman–Crippen MR) is 146 cm³/mol. The van der Waals surface area contributed by atoms with Gasteiger partial charge in [-0.25, -0.2) is 0 Å². The number of fused-ring (bicyclic) bond motifs is 1. The Morgan fingerprint density at radius 2 is 1.92 bits per heavy atom. The van der Waals surface area contributed by atoms with Crippen molar-refractivity contribution >= 4 is 23.5 Å². The van der Waals surface area contributed by atoms with E-state index >= 15 is 0 Å². The van der Waals surface area contributed by atoms with Gasteiger partial charge in [-0.05, 0) is 62.8 Å². The molecule has 2 amide bonds. The van der Waals surface area contributed by atoms with Gasteiger partial charge in [-0.2, -0.15) is 0 Å². The molecule has 0 radical (unpaired) electrons. The van der Waals surface area contributed by atoms with E-state index in [2.05, 4.69) is 13.2 Å². The normalized spacial score (nSPS) is 30.7. The molecule has 2 bridgehead atoms. The van der Waals surface area contributed by atoms with Crippen molar-refractivity contribution in [3.8, 4) is 5.75 Å². The fraction of sp³-hybridized carbons (Fsp3) is 0.567. The number of carbonyl (C=O) groups is 3. The van der Waals surface area contributed by atoms with E-state index in [1.54, 1.807) is 47.3 Å². The third-order valence-electron chi connectivity index (χ3n) is 8.66. The molecule has 1 aromatic rings. The van der Waals surface area contributed by atoms with Crippen molar-refractivity contribution in [3.05, 3.63) is 49.6 Å². The minimum atomic E-state index is -1.16. The lowest BCUT2D eigenvalue weighted by atomic mass is 9.62. The Bertz CT molecular complexity index is 1110.